The Hall–Kier alpha value is -4.81. The van der Waals surface area contributed by atoms with Gasteiger partial charge in [-0.05, 0) is 59.2 Å². The van der Waals surface area contributed by atoms with Gasteiger partial charge in [-0.25, -0.2) is 0 Å². The monoisotopic (exact) mass is 435 g/mol. The van der Waals surface area contributed by atoms with Crippen LogP contribution in [0.5, 0.6) is 0 Å². The van der Waals surface area contributed by atoms with Crippen molar-refractivity contribution in [3.05, 3.63) is 109 Å². The Labute approximate surface area is 195 Å². The van der Waals surface area contributed by atoms with Crippen molar-refractivity contribution in [3.63, 3.8) is 0 Å². The van der Waals surface area contributed by atoms with Gasteiger partial charge in [-0.2, -0.15) is 5.26 Å². The fourth-order valence-corrected chi connectivity index (χ4v) is 4.87. The second kappa shape index (κ2) is 7.10. The first-order chi connectivity index (χ1) is 16.8. The van der Waals surface area contributed by atoms with Gasteiger partial charge in [0.05, 0.1) is 11.6 Å². The number of benzene rings is 5. The normalized spacial score (nSPS) is 11.5. The van der Waals surface area contributed by atoms with Crippen molar-refractivity contribution >= 4 is 43.9 Å². The molecule has 0 saturated carbocycles. The zero-order chi connectivity index (χ0) is 22.6. The summed E-state index contributed by atoms with van der Waals surface area (Å²) in [5, 5.41) is 13.5. The number of hydrogen-bond acceptors (Lipinski definition) is 3. The quantitative estimate of drug-likeness (QED) is 0.273. The van der Waals surface area contributed by atoms with Gasteiger partial charge in [0, 0.05) is 27.1 Å². The molecule has 7 aromatic rings. The second-order valence-electron chi connectivity index (χ2n) is 8.50. The molecule has 0 saturated heterocycles. The van der Waals surface area contributed by atoms with Crippen LogP contribution in [-0.2, 0) is 0 Å². The summed E-state index contributed by atoms with van der Waals surface area (Å²) < 4.78 is 12.3. The smallest absolute Gasteiger partial charge is 0.143 e. The number of para-hydroxylation sites is 2. The highest BCUT2D eigenvalue weighted by Crippen LogP contribution is 2.38. The standard InChI is InChI=1S/C31H17NO2/c32-18-19-11-13-29-26(15-19)27-17-21(12-14-30(27)33-29)20-5-3-6-22(16-20)23-8-4-9-25-24-7-1-2-10-28(24)34-31(23)25/h1-17H. The Balaban J connectivity index is 1.40. The zero-order valence-corrected chi connectivity index (χ0v) is 18.1. The second-order valence-corrected chi connectivity index (χ2v) is 8.50. The lowest BCUT2D eigenvalue weighted by Crippen LogP contribution is -1.82. The fraction of sp³-hybridized carbons (Fsp3) is 0. The Morgan fingerprint density at radius 2 is 1.21 bits per heavy atom. The molecule has 0 fully saturated rings. The maximum Gasteiger partial charge on any atom is 0.143 e. The third-order valence-electron chi connectivity index (χ3n) is 6.51. The molecule has 2 aromatic heterocycles. The van der Waals surface area contributed by atoms with Crippen molar-refractivity contribution in [2.45, 2.75) is 0 Å². The van der Waals surface area contributed by atoms with E-state index in [-0.39, 0.29) is 0 Å². The van der Waals surface area contributed by atoms with Crippen LogP contribution in [0.15, 0.2) is 112 Å². The van der Waals surface area contributed by atoms with Crippen LogP contribution in [0.25, 0.3) is 66.1 Å². The van der Waals surface area contributed by atoms with Gasteiger partial charge >= 0.3 is 0 Å². The van der Waals surface area contributed by atoms with Crippen LogP contribution in [-0.4, -0.2) is 0 Å². The summed E-state index contributed by atoms with van der Waals surface area (Å²) in [6.07, 6.45) is 0. The highest BCUT2D eigenvalue weighted by atomic mass is 16.3. The van der Waals surface area contributed by atoms with E-state index in [1.807, 2.05) is 36.4 Å². The predicted octanol–water partition coefficient (Wildman–Crippen LogP) is 8.69. The van der Waals surface area contributed by atoms with Crippen molar-refractivity contribution in [1.29, 1.82) is 5.26 Å². The molecule has 7 rings (SSSR count). The first kappa shape index (κ1) is 18.7. The molecule has 0 aliphatic rings. The van der Waals surface area contributed by atoms with Gasteiger partial charge in [-0.15, -0.1) is 0 Å². The van der Waals surface area contributed by atoms with E-state index in [1.165, 1.54) is 0 Å². The molecule has 0 amide bonds. The SMILES string of the molecule is N#Cc1ccc2oc3ccc(-c4cccc(-c5cccc6c5oc5ccccc56)c4)cc3c2c1. The minimum absolute atomic E-state index is 0.626. The zero-order valence-electron chi connectivity index (χ0n) is 18.1. The fourth-order valence-electron chi connectivity index (χ4n) is 4.87. The van der Waals surface area contributed by atoms with E-state index in [9.17, 15) is 5.26 Å². The summed E-state index contributed by atoms with van der Waals surface area (Å²) in [7, 11) is 0. The van der Waals surface area contributed by atoms with Crippen LogP contribution in [0.3, 0.4) is 0 Å². The molecule has 5 aromatic carbocycles. The minimum atomic E-state index is 0.626. The summed E-state index contributed by atoms with van der Waals surface area (Å²) in [5.41, 5.74) is 8.41. The summed E-state index contributed by atoms with van der Waals surface area (Å²) in [6.45, 7) is 0. The van der Waals surface area contributed by atoms with Gasteiger partial charge in [0.1, 0.15) is 22.3 Å². The summed E-state index contributed by atoms with van der Waals surface area (Å²) in [4.78, 5) is 0. The number of nitriles is 1. The molecule has 0 aliphatic carbocycles. The van der Waals surface area contributed by atoms with Crippen molar-refractivity contribution in [2.24, 2.45) is 0 Å². The molecule has 3 nitrogen and oxygen atoms in total. The number of furan rings is 2. The number of fused-ring (bicyclic) bond motifs is 6. The molecule has 0 atom stereocenters. The van der Waals surface area contributed by atoms with Crippen LogP contribution in [0.2, 0.25) is 0 Å². The molecular weight excluding hydrogens is 418 g/mol. The number of nitrogens with zero attached hydrogens (tertiary/aromatic N) is 1. The molecular formula is C31H17NO2. The van der Waals surface area contributed by atoms with Crippen LogP contribution >= 0.6 is 0 Å². The van der Waals surface area contributed by atoms with Gasteiger partial charge in [-0.3, -0.25) is 0 Å². The van der Waals surface area contributed by atoms with Crippen molar-refractivity contribution in [1.82, 2.24) is 0 Å². The minimum Gasteiger partial charge on any atom is -0.456 e. The molecule has 0 radical (unpaired) electrons. The topological polar surface area (TPSA) is 50.1 Å². The lowest BCUT2D eigenvalue weighted by atomic mass is 9.97. The largest absolute Gasteiger partial charge is 0.456 e. The summed E-state index contributed by atoms with van der Waals surface area (Å²) in [6, 6.07) is 37.0. The third-order valence-corrected chi connectivity index (χ3v) is 6.51. The molecule has 158 valence electrons. The van der Waals surface area contributed by atoms with E-state index in [0.29, 0.717) is 5.56 Å². The van der Waals surface area contributed by atoms with Crippen molar-refractivity contribution in [3.8, 4) is 28.3 Å². The van der Waals surface area contributed by atoms with E-state index in [2.05, 4.69) is 66.7 Å². The average molecular weight is 435 g/mol. The van der Waals surface area contributed by atoms with Gasteiger partial charge in [0.15, 0.2) is 0 Å². The highest BCUT2D eigenvalue weighted by molar-refractivity contribution is 6.10. The highest BCUT2D eigenvalue weighted by Gasteiger charge is 2.13. The number of hydrogen-bond donors (Lipinski definition) is 0. The van der Waals surface area contributed by atoms with E-state index < -0.39 is 0 Å². The Kier molecular flexibility index (Phi) is 3.91. The van der Waals surface area contributed by atoms with E-state index >= 15 is 0 Å². The average Bonchev–Trinajstić information content (AvgIpc) is 3.46. The molecule has 0 aliphatic heterocycles. The lowest BCUT2D eigenvalue weighted by Gasteiger charge is -2.07. The van der Waals surface area contributed by atoms with Gasteiger partial charge in [0.2, 0.25) is 0 Å². The Morgan fingerprint density at radius 3 is 2.12 bits per heavy atom. The maximum absolute atomic E-state index is 9.31. The first-order valence-corrected chi connectivity index (χ1v) is 11.2. The summed E-state index contributed by atoms with van der Waals surface area (Å²) >= 11 is 0. The van der Waals surface area contributed by atoms with Crippen molar-refractivity contribution < 1.29 is 8.83 Å². The molecule has 0 spiro atoms. The molecule has 34 heavy (non-hydrogen) atoms. The van der Waals surface area contributed by atoms with Gasteiger partial charge in [-0.1, -0.05) is 60.7 Å². The summed E-state index contributed by atoms with van der Waals surface area (Å²) in [5.74, 6) is 0. The lowest BCUT2D eigenvalue weighted by molar-refractivity contribution is 0.669. The van der Waals surface area contributed by atoms with Gasteiger partial charge < -0.3 is 8.83 Å². The first-order valence-electron chi connectivity index (χ1n) is 11.2. The maximum atomic E-state index is 9.31. The number of rotatable bonds is 2. The van der Waals surface area contributed by atoms with Gasteiger partial charge in [0.25, 0.3) is 0 Å². The van der Waals surface area contributed by atoms with Crippen LogP contribution in [0.4, 0.5) is 0 Å². The Bertz CT molecular complexity index is 1930. The molecule has 3 heteroatoms. The van der Waals surface area contributed by atoms with E-state index in [1.54, 1.807) is 6.07 Å². The van der Waals surface area contributed by atoms with Crippen LogP contribution in [0, 0.1) is 11.3 Å². The van der Waals surface area contributed by atoms with E-state index in [0.717, 1.165) is 66.1 Å². The van der Waals surface area contributed by atoms with Crippen LogP contribution in [0.1, 0.15) is 5.56 Å². The Morgan fingerprint density at radius 1 is 0.500 bits per heavy atom. The predicted molar refractivity (Wildman–Crippen MR) is 137 cm³/mol. The molecule has 0 N–H and O–H groups in total. The van der Waals surface area contributed by atoms with E-state index in [4.69, 9.17) is 8.83 Å². The molecule has 2 heterocycles. The third kappa shape index (κ3) is 2.76. The molecule has 0 unspecified atom stereocenters. The van der Waals surface area contributed by atoms with Crippen molar-refractivity contribution in [2.75, 3.05) is 0 Å². The van der Waals surface area contributed by atoms with Crippen LogP contribution < -0.4 is 0 Å². The molecule has 0 bridgehead atoms.